The van der Waals surface area contributed by atoms with E-state index < -0.39 is 0 Å². The number of rotatable bonds is 9. The molecule has 0 spiro atoms. The summed E-state index contributed by atoms with van der Waals surface area (Å²) in [6, 6.07) is 16.8. The first kappa shape index (κ1) is 79.2. The number of hydrogen-bond donors (Lipinski definition) is 4. The molecule has 0 bridgehead atoms. The average molecular weight is 922 g/mol. The summed E-state index contributed by atoms with van der Waals surface area (Å²) in [5.74, 6) is 2.73. The second kappa shape index (κ2) is 50.5. The highest BCUT2D eigenvalue weighted by Gasteiger charge is 2.19. The summed E-state index contributed by atoms with van der Waals surface area (Å²) in [7, 11) is 0. The smallest absolute Gasteiger partial charge is 0.157 e. The molecule has 1 aromatic carbocycles. The highest BCUT2D eigenvalue weighted by Crippen LogP contribution is 2.32. The number of benzene rings is 1. The topological polar surface area (TPSA) is 158 Å². The predicted molar refractivity (Wildman–Crippen MR) is 296 cm³/mol. The van der Waals surface area contributed by atoms with Crippen LogP contribution in [0.3, 0.4) is 0 Å². The van der Waals surface area contributed by atoms with Gasteiger partial charge in [-0.3, -0.25) is 4.98 Å². The lowest BCUT2D eigenvalue weighted by Gasteiger charge is -2.27. The van der Waals surface area contributed by atoms with Crippen LogP contribution in [0.2, 0.25) is 0 Å². The summed E-state index contributed by atoms with van der Waals surface area (Å²) in [5.41, 5.74) is 28.4. The molecule has 4 atom stereocenters. The fraction of sp³-hybridized carbons (Fsp3) is 0.714. The van der Waals surface area contributed by atoms with Crippen molar-refractivity contribution in [3.8, 4) is 0 Å². The van der Waals surface area contributed by atoms with Crippen molar-refractivity contribution >= 4 is 5.82 Å². The van der Waals surface area contributed by atoms with Crippen LogP contribution < -0.4 is 22.9 Å². The fourth-order valence-electron chi connectivity index (χ4n) is 6.65. The van der Waals surface area contributed by atoms with Crippen molar-refractivity contribution in [3.05, 3.63) is 88.9 Å². The van der Waals surface area contributed by atoms with Gasteiger partial charge >= 0.3 is 0 Å². The van der Waals surface area contributed by atoms with Crippen LogP contribution in [0.4, 0.5) is 5.82 Å². The molecule has 3 aromatic rings. The molecule has 2 saturated heterocycles. The lowest BCUT2D eigenvalue weighted by molar-refractivity contribution is -0.185. The van der Waals surface area contributed by atoms with E-state index in [1.807, 2.05) is 25.3 Å². The minimum absolute atomic E-state index is 0. The van der Waals surface area contributed by atoms with Gasteiger partial charge in [0.1, 0.15) is 5.82 Å². The number of nitrogens with two attached hydrogens (primary N) is 4. The first-order chi connectivity index (χ1) is 27.6. The Labute approximate surface area is 407 Å². The van der Waals surface area contributed by atoms with Gasteiger partial charge in [-0.2, -0.15) is 0 Å². The van der Waals surface area contributed by atoms with Gasteiger partial charge in [-0.05, 0) is 110 Å². The van der Waals surface area contributed by atoms with Crippen molar-refractivity contribution in [2.24, 2.45) is 29.0 Å². The van der Waals surface area contributed by atoms with Gasteiger partial charge in [-0.25, -0.2) is 4.98 Å². The summed E-state index contributed by atoms with van der Waals surface area (Å²) in [6.45, 7) is 20.1. The molecular weight excluding hydrogens is 805 g/mol. The molecule has 9 nitrogen and oxygen atoms in total. The van der Waals surface area contributed by atoms with Crippen LogP contribution in [-0.4, -0.2) is 54.3 Å². The largest absolute Gasteiger partial charge is 0.384 e. The lowest BCUT2D eigenvalue weighted by atomic mass is 9.79. The molecule has 0 radical (unpaired) electrons. The van der Waals surface area contributed by atoms with Crippen LogP contribution in [0.5, 0.6) is 0 Å². The van der Waals surface area contributed by atoms with Crippen LogP contribution in [-0.2, 0) is 46.4 Å². The zero-order chi connectivity index (χ0) is 42.3. The highest BCUT2D eigenvalue weighted by molar-refractivity contribution is 5.29. The molecule has 3 unspecified atom stereocenters. The Hall–Kier alpha value is -2.92. The van der Waals surface area contributed by atoms with Crippen LogP contribution in [0.1, 0.15) is 207 Å². The minimum atomic E-state index is -0.00944. The minimum Gasteiger partial charge on any atom is -0.384 e. The quantitative estimate of drug-likeness (QED) is 0.164. The van der Waals surface area contributed by atoms with E-state index in [9.17, 15) is 0 Å². The van der Waals surface area contributed by atoms with Crippen molar-refractivity contribution < 1.29 is 14.2 Å². The van der Waals surface area contributed by atoms with Gasteiger partial charge in [0, 0.05) is 30.7 Å². The molecule has 65 heavy (non-hydrogen) atoms. The van der Waals surface area contributed by atoms with Gasteiger partial charge in [0.05, 0.1) is 32.0 Å². The molecule has 2 aliphatic heterocycles. The number of nitrogens with zero attached hydrogens (tertiary/aromatic N) is 2. The second-order valence-corrected chi connectivity index (χ2v) is 15.4. The first-order valence-corrected chi connectivity index (χ1v) is 22.4. The molecule has 1 saturated carbocycles. The Balaban J connectivity index is -0.0000000976. The van der Waals surface area contributed by atoms with E-state index in [0.29, 0.717) is 37.7 Å². The SMILES string of the molecule is C.C.C.C.C.C.C.C.CCC1CCC(N)CO1.CCC1CCC[C@H](CC)C1.CCC1OCC(N)CO1.CCc1ccc(N)nc1.CCc1cccc(CN)c1.CCc1ccnc(CC)c1. The molecule has 8 N–H and O–H groups in total. The Morgan fingerprint density at radius 1 is 0.538 bits per heavy atom. The monoisotopic (exact) mass is 921 g/mol. The van der Waals surface area contributed by atoms with Crippen molar-refractivity contribution in [1.29, 1.82) is 0 Å². The number of hydrogen-bond acceptors (Lipinski definition) is 9. The predicted octanol–water partition coefficient (Wildman–Crippen LogP) is 14.8. The maximum Gasteiger partial charge on any atom is 0.157 e. The number of pyridine rings is 2. The Morgan fingerprint density at radius 3 is 1.51 bits per heavy atom. The molecular formula is C56H116N6O3. The van der Waals surface area contributed by atoms with Gasteiger partial charge in [0.2, 0.25) is 0 Å². The molecule has 3 fully saturated rings. The van der Waals surface area contributed by atoms with Crippen LogP contribution in [0, 0.1) is 11.8 Å². The van der Waals surface area contributed by atoms with Crippen molar-refractivity contribution in [1.82, 2.24) is 9.97 Å². The summed E-state index contributed by atoms with van der Waals surface area (Å²) in [6.07, 6.45) is 21.6. The third-order valence-electron chi connectivity index (χ3n) is 10.8. The van der Waals surface area contributed by atoms with Crippen molar-refractivity contribution in [2.45, 2.75) is 236 Å². The van der Waals surface area contributed by atoms with Gasteiger partial charge in [0.25, 0.3) is 0 Å². The van der Waals surface area contributed by atoms with Crippen molar-refractivity contribution in [2.75, 3.05) is 25.6 Å². The van der Waals surface area contributed by atoms with E-state index in [4.69, 9.17) is 37.1 Å². The van der Waals surface area contributed by atoms with Gasteiger partial charge in [-0.15, -0.1) is 0 Å². The van der Waals surface area contributed by atoms with Gasteiger partial charge in [-0.1, -0.05) is 177 Å². The normalized spacial score (nSPS) is 19.7. The fourth-order valence-corrected chi connectivity index (χ4v) is 6.65. The molecule has 2 aromatic heterocycles. The zero-order valence-corrected chi connectivity index (χ0v) is 37.4. The molecule has 9 heteroatoms. The summed E-state index contributed by atoms with van der Waals surface area (Å²) >= 11 is 0. The zero-order valence-electron chi connectivity index (χ0n) is 37.4. The summed E-state index contributed by atoms with van der Waals surface area (Å²) in [4.78, 5) is 8.13. The Kier molecular flexibility index (Phi) is 61.5. The molecule has 4 heterocycles. The van der Waals surface area contributed by atoms with Crippen LogP contribution in [0.15, 0.2) is 60.9 Å². The van der Waals surface area contributed by atoms with E-state index in [-0.39, 0.29) is 71.7 Å². The Morgan fingerprint density at radius 2 is 1.08 bits per heavy atom. The maximum atomic E-state index is 5.63. The number of ether oxygens (including phenoxy) is 3. The molecule has 6 rings (SSSR count). The summed E-state index contributed by atoms with van der Waals surface area (Å²) in [5, 5.41) is 0. The third-order valence-corrected chi connectivity index (χ3v) is 10.8. The molecule has 1 aliphatic carbocycles. The van der Waals surface area contributed by atoms with Gasteiger partial charge in [0.15, 0.2) is 6.29 Å². The van der Waals surface area contributed by atoms with E-state index in [0.717, 1.165) is 69.8 Å². The average Bonchev–Trinajstić information content (AvgIpc) is 3.28. The van der Waals surface area contributed by atoms with E-state index in [2.05, 4.69) is 94.8 Å². The lowest BCUT2D eigenvalue weighted by Crippen LogP contribution is -2.40. The number of aryl methyl sites for hydroxylation is 4. The van der Waals surface area contributed by atoms with E-state index in [1.54, 1.807) is 6.20 Å². The summed E-state index contributed by atoms with van der Waals surface area (Å²) < 4.78 is 15.8. The second-order valence-electron chi connectivity index (χ2n) is 15.4. The first-order valence-electron chi connectivity index (χ1n) is 22.4. The van der Waals surface area contributed by atoms with E-state index >= 15 is 0 Å². The molecule has 0 amide bonds. The molecule has 388 valence electrons. The van der Waals surface area contributed by atoms with Crippen LogP contribution in [0.25, 0.3) is 0 Å². The van der Waals surface area contributed by atoms with Crippen molar-refractivity contribution in [3.63, 3.8) is 0 Å². The van der Waals surface area contributed by atoms with Crippen LogP contribution >= 0.6 is 0 Å². The highest BCUT2D eigenvalue weighted by atomic mass is 16.7. The number of anilines is 1. The van der Waals surface area contributed by atoms with Gasteiger partial charge < -0.3 is 37.1 Å². The third kappa shape index (κ3) is 37.8. The van der Waals surface area contributed by atoms with E-state index in [1.165, 1.54) is 66.5 Å². The Bertz CT molecular complexity index is 1240. The standard InChI is InChI=1S/C10H20.2C9H13N.C7H10N2.C7H15NO.C6H13NO2.8CH4/c1-3-9-6-5-7-10(4-2)8-9;1-3-8-5-6-10-9(4-2)7-8;1-2-8-4-3-5-9(6-8)7-10;1-2-6-3-4-7(8)9-5-6;1-2-7-4-3-6(8)5-9-7;1-2-6-8-3-5(7)4-9-6;;;;;;;;/h9-10H,3-8H2,1-2H3;5-7H,3-4H2,1-2H3;3-6H,2,7,10H2,1H3;3-5H,2H2,1H3,(H2,8,9);6-7H,2-5,8H2,1H3;5-6H,2-4,7H2,1H3;8*1H4/t9-,10?;;;;;;;;;;;;;/m0............./s1. The number of aromatic nitrogens is 2. The molecule has 3 aliphatic rings. The number of nitrogen functional groups attached to an aromatic ring is 1. The maximum absolute atomic E-state index is 5.63.